The molecule has 2 heterocycles. The van der Waals surface area contributed by atoms with Crippen molar-refractivity contribution in [3.05, 3.63) is 457 Å². The van der Waals surface area contributed by atoms with Gasteiger partial charge in [-0.05, 0) is 181 Å². The van der Waals surface area contributed by atoms with Crippen molar-refractivity contribution in [3.63, 3.8) is 0 Å². The summed E-state index contributed by atoms with van der Waals surface area (Å²) in [6.07, 6.45) is 0. The molecule has 2 aliphatic rings. The lowest BCUT2D eigenvalue weighted by molar-refractivity contribution is 0.731. The van der Waals surface area contributed by atoms with E-state index in [2.05, 4.69) is 422 Å². The summed E-state index contributed by atoms with van der Waals surface area (Å²) in [5, 5.41) is 9.39. The maximum Gasteiger partial charge on any atom is 0.0742 e. The first-order valence-electron chi connectivity index (χ1n) is 36.2. The Kier molecular flexibility index (Phi) is 14.4. The van der Waals surface area contributed by atoms with Crippen molar-refractivity contribution in [1.82, 2.24) is 0 Å². The molecule has 0 amide bonds. The minimum atomic E-state index is -0.732. The molecule has 0 atom stereocenters. The molecule has 0 N–H and O–H groups in total. The Balaban J connectivity index is 0.972. The maximum atomic E-state index is 2.58. The van der Waals surface area contributed by atoms with E-state index in [-0.39, 0.29) is 0 Å². The lowest BCUT2D eigenvalue weighted by Gasteiger charge is -2.47. The normalized spacial score (nSPS) is 13.3. The first kappa shape index (κ1) is 60.6. The molecule has 18 aromatic carbocycles. The van der Waals surface area contributed by atoms with E-state index < -0.39 is 10.8 Å². The summed E-state index contributed by atoms with van der Waals surface area (Å²) in [4.78, 5) is 5.12. The highest BCUT2D eigenvalue weighted by molar-refractivity contribution is 6.29. The van der Waals surface area contributed by atoms with Gasteiger partial charge in [0.05, 0.1) is 33.6 Å². The number of hydrogen-bond donors (Lipinski definition) is 0. The molecule has 0 aromatic heterocycles. The number of para-hydroxylation sites is 6. The van der Waals surface area contributed by atoms with E-state index in [1.165, 1.54) is 99.4 Å². The van der Waals surface area contributed by atoms with Crippen molar-refractivity contribution < 1.29 is 0 Å². The van der Waals surface area contributed by atoms with Crippen LogP contribution in [0, 0.1) is 0 Å². The van der Waals surface area contributed by atoms with Gasteiger partial charge < -0.3 is 9.80 Å². The van der Waals surface area contributed by atoms with Gasteiger partial charge in [-0.3, -0.25) is 0 Å². The predicted octanol–water partition coefficient (Wildman–Crippen LogP) is 27.0. The van der Waals surface area contributed by atoms with Gasteiger partial charge in [-0.15, -0.1) is 0 Å². The van der Waals surface area contributed by atoms with E-state index in [1.807, 2.05) is 0 Å². The van der Waals surface area contributed by atoms with Crippen LogP contribution in [-0.2, 0) is 10.8 Å². The molecule has 104 heavy (non-hydrogen) atoms. The van der Waals surface area contributed by atoms with Crippen LogP contribution in [0.3, 0.4) is 0 Å². The van der Waals surface area contributed by atoms with E-state index in [0.29, 0.717) is 0 Å². The zero-order valence-corrected chi connectivity index (χ0v) is 57.2. The zero-order chi connectivity index (χ0) is 68.7. The number of hydrogen-bond acceptors (Lipinski definition) is 2. The predicted molar refractivity (Wildman–Crippen MR) is 437 cm³/mol. The summed E-state index contributed by atoms with van der Waals surface area (Å²) in [6.45, 7) is 0. The van der Waals surface area contributed by atoms with Crippen LogP contribution in [0.4, 0.5) is 34.1 Å². The topological polar surface area (TPSA) is 6.48 Å². The average molecular weight is 1320 g/mol. The number of benzene rings is 18. The van der Waals surface area contributed by atoms with Crippen LogP contribution in [0.15, 0.2) is 413 Å². The monoisotopic (exact) mass is 1320 g/mol. The van der Waals surface area contributed by atoms with Crippen molar-refractivity contribution in [2.24, 2.45) is 0 Å². The lowest BCUT2D eigenvalue weighted by Crippen LogP contribution is -2.38. The highest BCUT2D eigenvalue weighted by Gasteiger charge is 2.49. The summed E-state index contributed by atoms with van der Waals surface area (Å²) in [5.74, 6) is 0. The molecular weight excluding hydrogens is 1250 g/mol. The largest absolute Gasteiger partial charge is 0.309 e. The molecule has 18 aromatic rings. The Morgan fingerprint density at radius 1 is 0.173 bits per heavy atom. The molecule has 486 valence electrons. The van der Waals surface area contributed by atoms with Crippen molar-refractivity contribution in [1.29, 1.82) is 0 Å². The molecule has 2 nitrogen and oxygen atoms in total. The molecule has 0 aliphatic carbocycles. The number of nitrogens with zero attached hydrogens (tertiary/aromatic N) is 2. The zero-order valence-electron chi connectivity index (χ0n) is 57.2. The van der Waals surface area contributed by atoms with Crippen LogP contribution in [-0.4, -0.2) is 0 Å². The summed E-state index contributed by atoms with van der Waals surface area (Å²) >= 11 is 0. The summed E-state index contributed by atoms with van der Waals surface area (Å²) in [7, 11) is 0. The van der Waals surface area contributed by atoms with Crippen molar-refractivity contribution in [2.45, 2.75) is 10.8 Å². The lowest BCUT2D eigenvalue weighted by atomic mass is 9.62. The van der Waals surface area contributed by atoms with E-state index in [1.54, 1.807) is 0 Å². The quantitative estimate of drug-likeness (QED) is 0.119. The van der Waals surface area contributed by atoms with Crippen LogP contribution in [0.5, 0.6) is 0 Å². The van der Waals surface area contributed by atoms with Crippen LogP contribution < -0.4 is 9.80 Å². The average Bonchev–Trinajstić information content (AvgIpc) is 0.694. The van der Waals surface area contributed by atoms with Crippen LogP contribution >= 0.6 is 0 Å². The highest BCUT2D eigenvalue weighted by atomic mass is 15.2. The van der Waals surface area contributed by atoms with E-state index in [9.17, 15) is 0 Å². The Bertz CT molecular complexity index is 5860. The summed E-state index contributed by atoms with van der Waals surface area (Å²) < 4.78 is 0. The SMILES string of the molecule is c1ccc(-c2cccc3c(-c4c5cccc(-c6cccc7c6N(c6ccccc6)c6ccccc6C7(c6ccccc6)c6ccccc6)c5cc5c(-c6cccc7c6N(c6ccccc6)c6ccccc6C7(c6ccccc6)c6ccccc6)cccc45)c4cccc(-c5ccccc5)c4cc23)cc1. The molecule has 0 spiro atoms. The molecule has 2 heteroatoms. The Morgan fingerprint density at radius 2 is 0.423 bits per heavy atom. The molecule has 2 aliphatic heterocycles. The van der Waals surface area contributed by atoms with Crippen LogP contribution in [0.1, 0.15) is 44.5 Å². The number of rotatable bonds is 11. The molecule has 0 radical (unpaired) electrons. The number of anilines is 6. The van der Waals surface area contributed by atoms with Gasteiger partial charge in [0.1, 0.15) is 0 Å². The van der Waals surface area contributed by atoms with Gasteiger partial charge in [-0.1, -0.05) is 364 Å². The second-order valence-corrected chi connectivity index (χ2v) is 27.6. The Labute approximate surface area is 606 Å². The fourth-order valence-corrected chi connectivity index (χ4v) is 18.2. The highest BCUT2D eigenvalue weighted by Crippen LogP contribution is 2.63. The molecule has 0 bridgehead atoms. The van der Waals surface area contributed by atoms with Gasteiger partial charge in [-0.25, -0.2) is 0 Å². The van der Waals surface area contributed by atoms with Crippen LogP contribution in [0.25, 0.3) is 98.7 Å². The van der Waals surface area contributed by atoms with Gasteiger partial charge in [-0.2, -0.15) is 0 Å². The van der Waals surface area contributed by atoms with Gasteiger partial charge in [0.25, 0.3) is 0 Å². The second-order valence-electron chi connectivity index (χ2n) is 27.6. The fourth-order valence-electron chi connectivity index (χ4n) is 18.2. The third-order valence-corrected chi connectivity index (χ3v) is 22.4. The van der Waals surface area contributed by atoms with E-state index in [4.69, 9.17) is 0 Å². The third kappa shape index (κ3) is 9.15. The molecule has 0 fully saturated rings. The second kappa shape index (κ2) is 24.7. The van der Waals surface area contributed by atoms with Crippen molar-refractivity contribution >= 4 is 77.2 Å². The smallest absolute Gasteiger partial charge is 0.0742 e. The molecule has 0 saturated heterocycles. The minimum Gasteiger partial charge on any atom is -0.309 e. The Hall–Kier alpha value is -13.4. The van der Waals surface area contributed by atoms with Crippen molar-refractivity contribution in [3.8, 4) is 55.6 Å². The molecule has 0 saturated carbocycles. The van der Waals surface area contributed by atoms with Crippen molar-refractivity contribution in [2.75, 3.05) is 9.80 Å². The summed E-state index contributed by atoms with van der Waals surface area (Å²) in [5.41, 5.74) is 26.5. The fraction of sp³-hybridized carbons (Fsp3) is 0.0196. The molecular formula is C102H68N2. The minimum absolute atomic E-state index is 0.732. The van der Waals surface area contributed by atoms with Crippen LogP contribution in [0.2, 0.25) is 0 Å². The number of fused-ring (bicyclic) bond motifs is 8. The summed E-state index contributed by atoms with van der Waals surface area (Å²) in [6, 6.07) is 155. The van der Waals surface area contributed by atoms with E-state index in [0.717, 1.165) is 77.9 Å². The Morgan fingerprint density at radius 3 is 0.760 bits per heavy atom. The third-order valence-electron chi connectivity index (χ3n) is 22.4. The van der Waals surface area contributed by atoms with Gasteiger partial charge in [0.15, 0.2) is 0 Å². The van der Waals surface area contributed by atoms with Gasteiger partial charge in [0.2, 0.25) is 0 Å². The van der Waals surface area contributed by atoms with E-state index >= 15 is 0 Å². The molecule has 20 rings (SSSR count). The first-order chi connectivity index (χ1) is 51.7. The molecule has 0 unspecified atom stereocenters. The first-order valence-corrected chi connectivity index (χ1v) is 36.2. The standard InChI is InChI=1S/C102H68N2/c1-9-35-69(36-10-1)77-51-29-55-81-87(77)67-88-78(70-37-11-2-12-38-70)52-30-56-82(88)97(81)98-83-57-31-53-79(85-59-33-63-93-99(85)103(75-47-21-7-22-48-75)95-65-27-25-61-91(95)101(93,71-39-13-3-14-40-71)72-41-15-4-16-42-72)89(83)68-90-80(54-32-58-84(90)98)86-60-34-64-94-100(86)104(76-49-23-8-24-50-76)96-66-28-26-62-92(96)102(94,73-43-17-5-18-44-73)74-45-19-6-20-46-74/h1-68H. The van der Waals surface area contributed by atoms with Gasteiger partial charge in [0, 0.05) is 22.5 Å². The maximum absolute atomic E-state index is 2.58. The van der Waals surface area contributed by atoms with Gasteiger partial charge >= 0.3 is 0 Å².